The average molecular weight is 499 g/mol. The van der Waals surface area contributed by atoms with Gasteiger partial charge in [-0.05, 0) is 32.6 Å². The molecule has 4 aromatic heterocycles. The van der Waals surface area contributed by atoms with E-state index in [0.29, 0.717) is 45.8 Å². The van der Waals surface area contributed by atoms with Crippen molar-refractivity contribution < 1.29 is 13.6 Å². The second-order valence-corrected chi connectivity index (χ2v) is 9.03. The highest BCUT2D eigenvalue weighted by Gasteiger charge is 2.24. The number of aryl methyl sites for hydroxylation is 1. The van der Waals surface area contributed by atoms with Crippen LogP contribution >= 0.6 is 0 Å². The van der Waals surface area contributed by atoms with E-state index in [1.54, 1.807) is 33.3 Å². The van der Waals surface area contributed by atoms with Gasteiger partial charge in [0, 0.05) is 37.8 Å². The molecule has 5 rings (SSSR count). The molecule has 0 saturated heterocycles. The number of carbonyl (C=O) groups excluding carboxylic acids is 1. The van der Waals surface area contributed by atoms with Crippen molar-refractivity contribution in [3.63, 3.8) is 0 Å². The topological polar surface area (TPSA) is 138 Å². The summed E-state index contributed by atoms with van der Waals surface area (Å²) in [6, 6.07) is 0.417. The number of nitrogens with zero attached hydrogens (tertiary/aromatic N) is 6. The van der Waals surface area contributed by atoms with Crippen LogP contribution in [0.3, 0.4) is 0 Å². The minimum Gasteiger partial charge on any atom is -0.372 e. The van der Waals surface area contributed by atoms with E-state index < -0.39 is 13.0 Å². The fourth-order valence-corrected chi connectivity index (χ4v) is 4.82. The molecule has 0 aliphatic heterocycles. The Morgan fingerprint density at radius 1 is 1.17 bits per heavy atom. The first-order valence-corrected chi connectivity index (χ1v) is 11.9. The first-order valence-electron chi connectivity index (χ1n) is 11.9. The van der Waals surface area contributed by atoms with E-state index in [9.17, 15) is 13.6 Å². The molecule has 11 nitrogen and oxygen atoms in total. The summed E-state index contributed by atoms with van der Waals surface area (Å²) in [7, 11) is 1.77. The Balaban J connectivity index is 1.43. The minimum atomic E-state index is -2.53. The van der Waals surface area contributed by atoms with E-state index in [1.807, 2.05) is 0 Å². The number of amides is 1. The van der Waals surface area contributed by atoms with Crippen molar-refractivity contribution in [2.45, 2.75) is 64.6 Å². The van der Waals surface area contributed by atoms with E-state index in [-0.39, 0.29) is 18.0 Å². The second kappa shape index (κ2) is 9.63. The summed E-state index contributed by atoms with van der Waals surface area (Å²) < 4.78 is 27.6. The predicted molar refractivity (Wildman–Crippen MR) is 132 cm³/mol. The molecule has 0 atom stereocenters. The van der Waals surface area contributed by atoms with Gasteiger partial charge in [0.2, 0.25) is 11.9 Å². The number of carbonyl (C=O) groups is 1. The van der Waals surface area contributed by atoms with Gasteiger partial charge in [-0.2, -0.15) is 9.97 Å². The Bertz CT molecular complexity index is 1410. The molecule has 0 radical (unpaired) electrons. The molecule has 1 fully saturated rings. The largest absolute Gasteiger partial charge is 0.372 e. The minimum absolute atomic E-state index is 0.00106. The zero-order valence-electron chi connectivity index (χ0n) is 20.3. The molecule has 13 heteroatoms. The highest BCUT2D eigenvalue weighted by molar-refractivity contribution is 6.01. The lowest BCUT2D eigenvalue weighted by Crippen LogP contribution is -2.39. The van der Waals surface area contributed by atoms with Crippen LogP contribution in [-0.4, -0.2) is 65.9 Å². The van der Waals surface area contributed by atoms with E-state index in [4.69, 9.17) is 0 Å². The van der Waals surface area contributed by atoms with Crippen LogP contribution in [-0.2, 0) is 11.3 Å². The SMILES string of the molecule is CNc1nc(NC2CCC(NC(C)=O)CC2)nc2[nH]cc(-c3cnc4nc(C)n(CC(F)F)c4n3)c12. The van der Waals surface area contributed by atoms with Gasteiger partial charge in [0.05, 0.1) is 23.8 Å². The van der Waals surface area contributed by atoms with Crippen molar-refractivity contribution in [3.05, 3.63) is 18.2 Å². The van der Waals surface area contributed by atoms with E-state index in [1.165, 1.54) is 4.57 Å². The number of H-pyrrole nitrogens is 1. The van der Waals surface area contributed by atoms with Crippen LogP contribution < -0.4 is 16.0 Å². The maximum Gasteiger partial charge on any atom is 0.256 e. The van der Waals surface area contributed by atoms with Crippen LogP contribution in [0.4, 0.5) is 20.5 Å². The van der Waals surface area contributed by atoms with Gasteiger partial charge in [0.1, 0.15) is 17.3 Å². The van der Waals surface area contributed by atoms with Gasteiger partial charge in [-0.3, -0.25) is 4.79 Å². The number of hydrogen-bond donors (Lipinski definition) is 4. The maximum absolute atomic E-state index is 13.1. The first-order chi connectivity index (χ1) is 17.3. The van der Waals surface area contributed by atoms with Gasteiger partial charge in [0.25, 0.3) is 6.43 Å². The molecular weight excluding hydrogens is 470 g/mol. The number of imidazole rings is 1. The van der Waals surface area contributed by atoms with Crippen LogP contribution in [0.5, 0.6) is 0 Å². The Labute approximate surface area is 205 Å². The van der Waals surface area contributed by atoms with Crippen molar-refractivity contribution >= 4 is 40.0 Å². The molecule has 0 unspecified atom stereocenters. The Morgan fingerprint density at radius 2 is 1.92 bits per heavy atom. The summed E-state index contributed by atoms with van der Waals surface area (Å²) in [5.41, 5.74) is 2.44. The lowest BCUT2D eigenvalue weighted by Gasteiger charge is -2.29. The van der Waals surface area contributed by atoms with Gasteiger partial charge < -0.3 is 25.5 Å². The Kier molecular flexibility index (Phi) is 6.37. The zero-order valence-corrected chi connectivity index (χ0v) is 20.3. The number of aromatic amines is 1. The third-order valence-corrected chi connectivity index (χ3v) is 6.48. The monoisotopic (exact) mass is 498 g/mol. The molecule has 190 valence electrons. The maximum atomic E-state index is 13.1. The third-order valence-electron chi connectivity index (χ3n) is 6.48. The number of hydrogen-bond acceptors (Lipinski definition) is 8. The lowest BCUT2D eigenvalue weighted by atomic mass is 9.91. The van der Waals surface area contributed by atoms with Crippen LogP contribution in [0, 0.1) is 6.92 Å². The molecule has 0 bridgehead atoms. The molecule has 1 amide bonds. The normalized spacial score (nSPS) is 18.2. The molecular formula is C23H28F2N10O. The standard InChI is InChI=1S/C23H28F2N10O/c1-11-29-21-22(35(11)10-17(24)25)32-16(9-28-21)15-8-27-20-18(15)19(26-3)33-23(34-20)31-14-6-4-13(5-7-14)30-12(2)36/h8-9,13-14,17H,4-7,10H2,1-3H3,(H,30,36)(H3,26,27,31,33,34). The summed E-state index contributed by atoms with van der Waals surface area (Å²) in [6.07, 6.45) is 4.40. The Hall–Kier alpha value is -3.90. The van der Waals surface area contributed by atoms with E-state index in [0.717, 1.165) is 31.1 Å². The second-order valence-electron chi connectivity index (χ2n) is 9.03. The lowest BCUT2D eigenvalue weighted by molar-refractivity contribution is -0.119. The van der Waals surface area contributed by atoms with Crippen molar-refractivity contribution in [3.8, 4) is 11.3 Å². The molecule has 1 saturated carbocycles. The number of anilines is 2. The van der Waals surface area contributed by atoms with Gasteiger partial charge in [0.15, 0.2) is 11.3 Å². The average Bonchev–Trinajstić information content (AvgIpc) is 3.40. The van der Waals surface area contributed by atoms with Gasteiger partial charge >= 0.3 is 0 Å². The molecule has 4 N–H and O–H groups in total. The summed E-state index contributed by atoms with van der Waals surface area (Å²) in [4.78, 5) is 37.0. The summed E-state index contributed by atoms with van der Waals surface area (Å²) in [5.74, 6) is 1.53. The number of aromatic nitrogens is 7. The number of nitrogens with one attached hydrogen (secondary N) is 4. The smallest absolute Gasteiger partial charge is 0.256 e. The van der Waals surface area contributed by atoms with Crippen LogP contribution in [0.15, 0.2) is 12.4 Å². The summed E-state index contributed by atoms with van der Waals surface area (Å²) >= 11 is 0. The van der Waals surface area contributed by atoms with Crippen molar-refractivity contribution in [2.24, 2.45) is 0 Å². The van der Waals surface area contributed by atoms with Gasteiger partial charge in [-0.15, -0.1) is 0 Å². The fraction of sp³-hybridized carbons (Fsp3) is 0.478. The van der Waals surface area contributed by atoms with Crippen LogP contribution in [0.25, 0.3) is 33.6 Å². The van der Waals surface area contributed by atoms with Crippen molar-refractivity contribution in [2.75, 3.05) is 17.7 Å². The first kappa shape index (κ1) is 23.8. The number of halogens is 2. The summed E-state index contributed by atoms with van der Waals surface area (Å²) in [6.45, 7) is 2.70. The van der Waals surface area contributed by atoms with Gasteiger partial charge in [-0.1, -0.05) is 0 Å². The van der Waals surface area contributed by atoms with Crippen molar-refractivity contribution in [1.29, 1.82) is 0 Å². The fourth-order valence-electron chi connectivity index (χ4n) is 4.82. The molecule has 4 heterocycles. The highest BCUT2D eigenvalue weighted by Crippen LogP contribution is 2.33. The van der Waals surface area contributed by atoms with E-state index >= 15 is 0 Å². The molecule has 4 aromatic rings. The molecule has 1 aliphatic carbocycles. The predicted octanol–water partition coefficient (Wildman–Crippen LogP) is 3.24. The van der Waals surface area contributed by atoms with E-state index in [2.05, 4.69) is 45.9 Å². The highest BCUT2D eigenvalue weighted by atomic mass is 19.3. The number of alkyl halides is 2. The number of rotatable bonds is 7. The Morgan fingerprint density at radius 3 is 2.61 bits per heavy atom. The van der Waals surface area contributed by atoms with Crippen LogP contribution in [0.2, 0.25) is 0 Å². The molecule has 36 heavy (non-hydrogen) atoms. The van der Waals surface area contributed by atoms with Gasteiger partial charge in [-0.25, -0.2) is 23.7 Å². The van der Waals surface area contributed by atoms with Crippen molar-refractivity contribution in [1.82, 2.24) is 39.8 Å². The molecule has 0 aromatic carbocycles. The number of fused-ring (bicyclic) bond motifs is 2. The molecule has 1 aliphatic rings. The van der Waals surface area contributed by atoms with Crippen LogP contribution in [0.1, 0.15) is 38.4 Å². The quantitative estimate of drug-likeness (QED) is 0.305. The summed E-state index contributed by atoms with van der Waals surface area (Å²) in [5, 5.41) is 10.3. The zero-order chi connectivity index (χ0) is 25.4. The molecule has 0 spiro atoms. The third kappa shape index (κ3) is 4.64.